The van der Waals surface area contributed by atoms with E-state index >= 15 is 0 Å². The van der Waals surface area contributed by atoms with Crippen molar-refractivity contribution in [2.45, 2.75) is 38.4 Å². The molecule has 1 unspecified atom stereocenters. The first-order valence-corrected chi connectivity index (χ1v) is 12.8. The standard InChI is InChI=1S/C26H29N5O3S/c32-24(30-25-22(26(33)34)19-10-12-27-14-21(19)35-25)20-9-4-11-28-23(20)29-18-8-5-13-31(16-18)15-17-6-2-1-3-7-17/h1-4,6-7,9,11,18,27H,5,8,10,12-16H2,(H,28,29)(H,30,32)(H,33,34). The Morgan fingerprint density at radius 1 is 1.20 bits per heavy atom. The Kier molecular flexibility index (Phi) is 7.08. The van der Waals surface area contributed by atoms with Crippen molar-refractivity contribution < 1.29 is 14.7 Å². The maximum absolute atomic E-state index is 13.3. The van der Waals surface area contributed by atoms with Crippen molar-refractivity contribution >= 4 is 34.0 Å². The number of carboxylic acid groups (broad SMARTS) is 1. The second-order valence-corrected chi connectivity index (χ2v) is 10.1. The summed E-state index contributed by atoms with van der Waals surface area (Å²) in [7, 11) is 0. The molecule has 35 heavy (non-hydrogen) atoms. The molecule has 2 aliphatic rings. The molecule has 5 rings (SSSR count). The lowest BCUT2D eigenvalue weighted by atomic mass is 10.0. The Balaban J connectivity index is 1.30. The highest BCUT2D eigenvalue weighted by molar-refractivity contribution is 7.17. The number of anilines is 2. The van der Waals surface area contributed by atoms with E-state index in [9.17, 15) is 14.7 Å². The summed E-state index contributed by atoms with van der Waals surface area (Å²) in [5, 5.41) is 19.8. The molecule has 2 aliphatic heterocycles. The lowest BCUT2D eigenvalue weighted by Gasteiger charge is -2.33. The van der Waals surface area contributed by atoms with Crippen LogP contribution in [0, 0.1) is 0 Å². The van der Waals surface area contributed by atoms with Gasteiger partial charge in [-0.2, -0.15) is 0 Å². The van der Waals surface area contributed by atoms with Crippen molar-refractivity contribution in [1.82, 2.24) is 15.2 Å². The number of aromatic carboxylic acids is 1. The molecule has 0 aliphatic carbocycles. The second-order valence-electron chi connectivity index (χ2n) is 9.00. The van der Waals surface area contributed by atoms with Crippen LogP contribution in [0.3, 0.4) is 0 Å². The number of nitrogens with one attached hydrogen (secondary N) is 3. The normalized spacial score (nSPS) is 18.0. The molecule has 182 valence electrons. The molecule has 1 saturated heterocycles. The summed E-state index contributed by atoms with van der Waals surface area (Å²) in [5.41, 5.74) is 2.73. The summed E-state index contributed by atoms with van der Waals surface area (Å²) in [5.74, 6) is -0.840. The molecule has 1 aromatic carbocycles. The number of hydrogen-bond acceptors (Lipinski definition) is 7. The molecule has 0 bridgehead atoms. The second kappa shape index (κ2) is 10.6. The van der Waals surface area contributed by atoms with Crippen molar-refractivity contribution in [3.63, 3.8) is 0 Å². The van der Waals surface area contributed by atoms with Gasteiger partial charge in [-0.25, -0.2) is 9.78 Å². The molecular formula is C26H29N5O3S. The Bertz CT molecular complexity index is 1210. The van der Waals surface area contributed by atoms with Gasteiger partial charge in [-0.1, -0.05) is 30.3 Å². The van der Waals surface area contributed by atoms with Crippen molar-refractivity contribution in [1.29, 1.82) is 0 Å². The Morgan fingerprint density at radius 2 is 2.06 bits per heavy atom. The lowest BCUT2D eigenvalue weighted by Crippen LogP contribution is -2.42. The molecule has 2 aromatic heterocycles. The fraction of sp³-hybridized carbons (Fsp3) is 0.346. The van der Waals surface area contributed by atoms with Crippen molar-refractivity contribution in [3.8, 4) is 0 Å². The number of likely N-dealkylation sites (tertiary alicyclic amines) is 1. The predicted molar refractivity (Wildman–Crippen MR) is 137 cm³/mol. The van der Waals surface area contributed by atoms with E-state index in [1.54, 1.807) is 18.3 Å². The molecule has 4 heterocycles. The van der Waals surface area contributed by atoms with Gasteiger partial charge in [-0.3, -0.25) is 9.69 Å². The summed E-state index contributed by atoms with van der Waals surface area (Å²) in [4.78, 5) is 33.1. The fourth-order valence-electron chi connectivity index (χ4n) is 4.87. The van der Waals surface area contributed by atoms with Crippen LogP contribution >= 0.6 is 11.3 Å². The monoisotopic (exact) mass is 491 g/mol. The van der Waals surface area contributed by atoms with Crippen molar-refractivity contribution in [2.75, 3.05) is 30.3 Å². The quantitative estimate of drug-likeness (QED) is 0.398. The van der Waals surface area contributed by atoms with Crippen LogP contribution in [0.1, 0.15) is 49.6 Å². The number of fused-ring (bicyclic) bond motifs is 1. The molecule has 0 saturated carbocycles. The minimum Gasteiger partial charge on any atom is -0.478 e. The first kappa shape index (κ1) is 23.5. The van der Waals surface area contributed by atoms with E-state index < -0.39 is 5.97 Å². The Hall–Kier alpha value is -3.27. The fourth-order valence-corrected chi connectivity index (χ4v) is 6.08. The third-order valence-corrected chi connectivity index (χ3v) is 7.66. The summed E-state index contributed by atoms with van der Waals surface area (Å²) in [6.07, 6.45) is 4.37. The van der Waals surface area contributed by atoms with Gasteiger partial charge in [0, 0.05) is 36.8 Å². The number of thiophene rings is 1. The van der Waals surface area contributed by atoms with E-state index in [2.05, 4.69) is 50.1 Å². The highest BCUT2D eigenvalue weighted by Crippen LogP contribution is 2.36. The first-order valence-electron chi connectivity index (χ1n) is 12.0. The minimum atomic E-state index is -1.01. The zero-order valence-electron chi connectivity index (χ0n) is 19.4. The third kappa shape index (κ3) is 5.37. The van der Waals surface area contributed by atoms with Gasteiger partial charge in [0.15, 0.2) is 0 Å². The van der Waals surface area contributed by atoms with Gasteiger partial charge < -0.3 is 21.1 Å². The number of carbonyl (C=O) groups is 2. The molecule has 0 radical (unpaired) electrons. The van der Waals surface area contributed by atoms with E-state index in [0.29, 0.717) is 29.3 Å². The number of benzene rings is 1. The summed E-state index contributed by atoms with van der Waals surface area (Å²) >= 11 is 1.33. The van der Waals surface area contributed by atoms with Gasteiger partial charge in [-0.15, -0.1) is 11.3 Å². The first-order chi connectivity index (χ1) is 17.1. The van der Waals surface area contributed by atoms with Gasteiger partial charge in [0.25, 0.3) is 5.91 Å². The number of aromatic nitrogens is 1. The molecule has 0 spiro atoms. The largest absolute Gasteiger partial charge is 0.478 e. The predicted octanol–water partition coefficient (Wildman–Crippen LogP) is 3.82. The number of carbonyl (C=O) groups excluding carboxylic acids is 1. The van der Waals surface area contributed by atoms with Gasteiger partial charge in [0.2, 0.25) is 0 Å². The van der Waals surface area contributed by atoms with E-state index in [1.165, 1.54) is 16.9 Å². The van der Waals surface area contributed by atoms with E-state index in [0.717, 1.165) is 49.5 Å². The van der Waals surface area contributed by atoms with Crippen LogP contribution in [-0.4, -0.2) is 52.5 Å². The highest BCUT2D eigenvalue weighted by Gasteiger charge is 2.27. The van der Waals surface area contributed by atoms with Crippen molar-refractivity contribution in [3.05, 3.63) is 75.8 Å². The molecule has 3 aromatic rings. The van der Waals surface area contributed by atoms with Gasteiger partial charge >= 0.3 is 5.97 Å². The maximum Gasteiger partial charge on any atom is 0.339 e. The van der Waals surface area contributed by atoms with Crippen molar-refractivity contribution in [2.24, 2.45) is 0 Å². The van der Waals surface area contributed by atoms with E-state index in [1.807, 2.05) is 6.07 Å². The zero-order valence-corrected chi connectivity index (χ0v) is 20.2. The number of pyridine rings is 1. The summed E-state index contributed by atoms with van der Waals surface area (Å²) < 4.78 is 0. The molecule has 4 N–H and O–H groups in total. The van der Waals surface area contributed by atoms with Crippen LogP contribution in [0.2, 0.25) is 0 Å². The Labute approximate surface area is 208 Å². The van der Waals surface area contributed by atoms with Crippen LogP contribution in [0.25, 0.3) is 0 Å². The van der Waals surface area contributed by atoms with E-state index in [4.69, 9.17) is 0 Å². The Morgan fingerprint density at radius 3 is 2.89 bits per heavy atom. The van der Waals surface area contributed by atoms with Crippen LogP contribution in [-0.2, 0) is 19.5 Å². The van der Waals surface area contributed by atoms with Crippen LogP contribution < -0.4 is 16.0 Å². The maximum atomic E-state index is 13.3. The molecule has 1 atom stereocenters. The number of amides is 1. The molecule has 1 amide bonds. The van der Waals surface area contributed by atoms with Crippen LogP contribution in [0.5, 0.6) is 0 Å². The highest BCUT2D eigenvalue weighted by atomic mass is 32.1. The zero-order chi connectivity index (χ0) is 24.2. The molecule has 9 heteroatoms. The number of piperidine rings is 1. The van der Waals surface area contributed by atoms with Gasteiger partial charge in [0.1, 0.15) is 10.8 Å². The van der Waals surface area contributed by atoms with Gasteiger partial charge in [0.05, 0.1) is 11.1 Å². The number of rotatable bonds is 7. The average molecular weight is 492 g/mol. The van der Waals surface area contributed by atoms with Gasteiger partial charge in [-0.05, 0) is 55.6 Å². The number of carboxylic acids is 1. The average Bonchev–Trinajstić information content (AvgIpc) is 3.23. The molecule has 1 fully saturated rings. The van der Waals surface area contributed by atoms with Crippen LogP contribution in [0.4, 0.5) is 10.8 Å². The topological polar surface area (TPSA) is 107 Å². The lowest BCUT2D eigenvalue weighted by molar-refractivity contribution is 0.0697. The molecule has 8 nitrogen and oxygen atoms in total. The third-order valence-electron chi connectivity index (χ3n) is 6.52. The smallest absolute Gasteiger partial charge is 0.339 e. The molecular weight excluding hydrogens is 462 g/mol. The SMILES string of the molecule is O=C(Nc1sc2c(c1C(=O)O)CCNC2)c1cccnc1NC1CCCN(Cc2ccccc2)C1. The summed E-state index contributed by atoms with van der Waals surface area (Å²) in [6, 6.07) is 14.1. The number of hydrogen-bond donors (Lipinski definition) is 4. The van der Waals surface area contributed by atoms with E-state index in [-0.39, 0.29) is 17.5 Å². The minimum absolute atomic E-state index is 0.170. The summed E-state index contributed by atoms with van der Waals surface area (Å²) in [6.45, 7) is 4.15. The van der Waals surface area contributed by atoms with Crippen LogP contribution in [0.15, 0.2) is 48.7 Å². The number of nitrogens with zero attached hydrogens (tertiary/aromatic N) is 2.